The summed E-state index contributed by atoms with van der Waals surface area (Å²) in [6.45, 7) is 0.576. The number of nitrogens with zero attached hydrogens (tertiary/aromatic N) is 4. The average molecular weight is 309 g/mol. The Morgan fingerprint density at radius 1 is 1.09 bits per heavy atom. The van der Waals surface area contributed by atoms with Crippen molar-refractivity contribution < 1.29 is 4.79 Å². The van der Waals surface area contributed by atoms with Gasteiger partial charge in [-0.05, 0) is 25.0 Å². The van der Waals surface area contributed by atoms with Gasteiger partial charge in [0.05, 0.1) is 11.9 Å². The Morgan fingerprint density at radius 2 is 1.91 bits per heavy atom. The number of carbonyl (C=O) groups is 1. The molecule has 0 aliphatic carbocycles. The number of nitrogens with one attached hydrogen (secondary N) is 1. The van der Waals surface area contributed by atoms with E-state index in [9.17, 15) is 9.59 Å². The lowest BCUT2D eigenvalue weighted by molar-refractivity contribution is -0.119. The number of hydrogen-bond acceptors (Lipinski definition) is 4. The SMILES string of the molecule is O=C1CCCCN1c1nc2c(cnn2-c2ccccc2)c(=O)[nH]1. The second-order valence-corrected chi connectivity index (χ2v) is 5.52. The molecule has 0 radical (unpaired) electrons. The number of rotatable bonds is 2. The van der Waals surface area contributed by atoms with E-state index in [1.54, 1.807) is 9.58 Å². The molecule has 0 bridgehead atoms. The zero-order valence-electron chi connectivity index (χ0n) is 12.4. The molecule has 1 amide bonds. The van der Waals surface area contributed by atoms with E-state index < -0.39 is 0 Å². The number of H-pyrrole nitrogens is 1. The number of hydrogen-bond donors (Lipinski definition) is 1. The molecule has 1 aromatic carbocycles. The van der Waals surface area contributed by atoms with Crippen molar-refractivity contribution in [1.29, 1.82) is 0 Å². The zero-order chi connectivity index (χ0) is 15.8. The average Bonchev–Trinajstić information content (AvgIpc) is 3.00. The van der Waals surface area contributed by atoms with Gasteiger partial charge in [-0.25, -0.2) is 4.68 Å². The summed E-state index contributed by atoms with van der Waals surface area (Å²) >= 11 is 0. The van der Waals surface area contributed by atoms with E-state index >= 15 is 0 Å². The van der Waals surface area contributed by atoms with Crippen LogP contribution in [0.15, 0.2) is 41.3 Å². The van der Waals surface area contributed by atoms with Gasteiger partial charge in [0.2, 0.25) is 11.9 Å². The first-order chi connectivity index (χ1) is 11.2. The third-order valence-corrected chi connectivity index (χ3v) is 4.01. The minimum Gasteiger partial charge on any atom is -0.292 e. The molecule has 0 saturated carbocycles. The quantitative estimate of drug-likeness (QED) is 0.779. The maximum Gasteiger partial charge on any atom is 0.263 e. The van der Waals surface area contributed by atoms with E-state index in [0.717, 1.165) is 18.5 Å². The van der Waals surface area contributed by atoms with Gasteiger partial charge in [0.1, 0.15) is 5.39 Å². The molecule has 0 atom stereocenters. The van der Waals surface area contributed by atoms with E-state index in [0.29, 0.717) is 29.9 Å². The molecule has 23 heavy (non-hydrogen) atoms. The summed E-state index contributed by atoms with van der Waals surface area (Å²) in [6.07, 6.45) is 3.77. The number of amides is 1. The first kappa shape index (κ1) is 13.7. The predicted molar refractivity (Wildman–Crippen MR) is 85.7 cm³/mol. The van der Waals surface area contributed by atoms with Crippen molar-refractivity contribution in [3.05, 3.63) is 46.9 Å². The summed E-state index contributed by atoms with van der Waals surface area (Å²) in [5.41, 5.74) is 0.982. The van der Waals surface area contributed by atoms with Gasteiger partial charge in [-0.15, -0.1) is 0 Å². The lowest BCUT2D eigenvalue weighted by Gasteiger charge is -2.24. The predicted octanol–water partition coefficient (Wildman–Crippen LogP) is 1.63. The molecule has 3 aromatic rings. The minimum absolute atomic E-state index is 0.00970. The minimum atomic E-state index is -0.287. The number of benzene rings is 1. The summed E-state index contributed by atoms with van der Waals surface area (Å²) in [7, 11) is 0. The van der Waals surface area contributed by atoms with E-state index in [1.165, 1.54) is 6.20 Å². The maximum absolute atomic E-state index is 12.3. The molecule has 1 fully saturated rings. The smallest absolute Gasteiger partial charge is 0.263 e. The van der Waals surface area contributed by atoms with Crippen LogP contribution in [0.25, 0.3) is 16.7 Å². The number of anilines is 1. The van der Waals surface area contributed by atoms with Crippen molar-refractivity contribution in [1.82, 2.24) is 19.7 Å². The van der Waals surface area contributed by atoms with Gasteiger partial charge >= 0.3 is 0 Å². The third-order valence-electron chi connectivity index (χ3n) is 4.01. The summed E-state index contributed by atoms with van der Waals surface area (Å²) in [5.74, 6) is 0.286. The Morgan fingerprint density at radius 3 is 2.70 bits per heavy atom. The fraction of sp³-hybridized carbons (Fsp3) is 0.250. The Kier molecular flexibility index (Phi) is 3.18. The van der Waals surface area contributed by atoms with Crippen LogP contribution in [0.1, 0.15) is 19.3 Å². The molecule has 7 nitrogen and oxygen atoms in total. The largest absolute Gasteiger partial charge is 0.292 e. The van der Waals surface area contributed by atoms with Crippen molar-refractivity contribution in [2.75, 3.05) is 11.4 Å². The van der Waals surface area contributed by atoms with Gasteiger partial charge in [-0.3, -0.25) is 19.5 Å². The first-order valence-electron chi connectivity index (χ1n) is 7.58. The highest BCUT2D eigenvalue weighted by Gasteiger charge is 2.23. The highest BCUT2D eigenvalue weighted by molar-refractivity contribution is 5.93. The van der Waals surface area contributed by atoms with Crippen LogP contribution >= 0.6 is 0 Å². The monoisotopic (exact) mass is 309 g/mol. The number of aromatic amines is 1. The van der Waals surface area contributed by atoms with E-state index in [2.05, 4.69) is 15.1 Å². The molecule has 116 valence electrons. The topological polar surface area (TPSA) is 83.9 Å². The van der Waals surface area contributed by atoms with Gasteiger partial charge in [-0.2, -0.15) is 10.1 Å². The lowest BCUT2D eigenvalue weighted by Crippen LogP contribution is -2.37. The van der Waals surface area contributed by atoms with Crippen LogP contribution in [0.4, 0.5) is 5.95 Å². The van der Waals surface area contributed by atoms with Gasteiger partial charge in [-0.1, -0.05) is 18.2 Å². The van der Waals surface area contributed by atoms with Crippen molar-refractivity contribution in [2.24, 2.45) is 0 Å². The van der Waals surface area contributed by atoms with Crippen LogP contribution < -0.4 is 10.5 Å². The van der Waals surface area contributed by atoms with Crippen LogP contribution in [0.5, 0.6) is 0 Å². The van der Waals surface area contributed by atoms with Crippen LogP contribution in [0, 0.1) is 0 Å². The molecular weight excluding hydrogens is 294 g/mol. The summed E-state index contributed by atoms with van der Waals surface area (Å²) in [5, 5.41) is 4.67. The number of fused-ring (bicyclic) bond motifs is 1. The van der Waals surface area contributed by atoms with E-state index in [1.807, 2.05) is 30.3 Å². The Labute approximate surface area is 131 Å². The third kappa shape index (κ3) is 2.30. The Bertz CT molecular complexity index is 929. The van der Waals surface area contributed by atoms with Crippen molar-refractivity contribution in [2.45, 2.75) is 19.3 Å². The van der Waals surface area contributed by atoms with Crippen LogP contribution in [0.2, 0.25) is 0 Å². The molecule has 7 heteroatoms. The fourth-order valence-corrected chi connectivity index (χ4v) is 2.82. The van der Waals surface area contributed by atoms with Crippen molar-refractivity contribution in [3.8, 4) is 5.69 Å². The van der Waals surface area contributed by atoms with Crippen LogP contribution in [0.3, 0.4) is 0 Å². The number of para-hydroxylation sites is 1. The Hall–Kier alpha value is -2.96. The van der Waals surface area contributed by atoms with E-state index in [4.69, 9.17) is 0 Å². The summed E-state index contributed by atoms with van der Waals surface area (Å²) < 4.78 is 1.61. The van der Waals surface area contributed by atoms with Gasteiger partial charge in [0.25, 0.3) is 5.56 Å². The first-order valence-corrected chi connectivity index (χ1v) is 7.58. The van der Waals surface area contributed by atoms with Crippen molar-refractivity contribution >= 4 is 22.9 Å². The molecule has 1 aliphatic heterocycles. The van der Waals surface area contributed by atoms with Crippen LogP contribution in [-0.2, 0) is 4.79 Å². The molecule has 2 aromatic heterocycles. The van der Waals surface area contributed by atoms with Gasteiger partial charge in [0.15, 0.2) is 5.65 Å². The fourth-order valence-electron chi connectivity index (χ4n) is 2.82. The van der Waals surface area contributed by atoms with E-state index in [-0.39, 0.29) is 11.5 Å². The molecule has 3 heterocycles. The molecule has 0 spiro atoms. The standard InChI is InChI=1S/C16H15N5O2/c22-13-8-4-5-9-20(13)16-18-14-12(15(23)19-16)10-17-21(14)11-6-2-1-3-7-11/h1-3,6-7,10H,4-5,8-9H2,(H,18,19,23). The van der Waals surface area contributed by atoms with Gasteiger partial charge in [0, 0.05) is 13.0 Å². The molecular formula is C16H15N5O2. The van der Waals surface area contributed by atoms with Gasteiger partial charge < -0.3 is 0 Å². The highest BCUT2D eigenvalue weighted by Crippen LogP contribution is 2.19. The lowest BCUT2D eigenvalue weighted by atomic mass is 10.1. The summed E-state index contributed by atoms with van der Waals surface area (Å²) in [6, 6.07) is 9.48. The maximum atomic E-state index is 12.3. The molecule has 1 N–H and O–H groups in total. The zero-order valence-corrected chi connectivity index (χ0v) is 12.4. The number of aromatic nitrogens is 4. The molecule has 1 saturated heterocycles. The number of carbonyl (C=O) groups excluding carboxylic acids is 1. The second-order valence-electron chi connectivity index (χ2n) is 5.52. The summed E-state index contributed by atoms with van der Waals surface area (Å²) in [4.78, 5) is 33.1. The van der Waals surface area contributed by atoms with Crippen molar-refractivity contribution in [3.63, 3.8) is 0 Å². The molecule has 0 unspecified atom stereocenters. The molecule has 4 rings (SSSR count). The normalized spacial score (nSPS) is 15.3. The molecule has 1 aliphatic rings. The van der Waals surface area contributed by atoms with Crippen LogP contribution in [-0.4, -0.2) is 32.2 Å². The number of piperidine rings is 1. The highest BCUT2D eigenvalue weighted by atomic mass is 16.2. The Balaban J connectivity index is 1.89. The second kappa shape index (κ2) is 5.35.